The summed E-state index contributed by atoms with van der Waals surface area (Å²) in [6.07, 6.45) is 5.26. The number of imidazole rings is 1. The van der Waals surface area contributed by atoms with Gasteiger partial charge in [0.05, 0.1) is 11.4 Å². The second-order valence-corrected chi connectivity index (χ2v) is 5.39. The minimum atomic E-state index is -0.370. The number of aromatic nitrogens is 3. The first-order valence-corrected chi connectivity index (χ1v) is 7.26. The van der Waals surface area contributed by atoms with E-state index in [9.17, 15) is 9.18 Å². The van der Waals surface area contributed by atoms with Gasteiger partial charge in [0.2, 0.25) is 5.91 Å². The van der Waals surface area contributed by atoms with E-state index in [1.54, 1.807) is 35.2 Å². The molecule has 0 unspecified atom stereocenters. The summed E-state index contributed by atoms with van der Waals surface area (Å²) in [5.74, 6) is -0.157. The molecule has 1 aliphatic rings. The van der Waals surface area contributed by atoms with E-state index in [1.165, 1.54) is 12.4 Å². The van der Waals surface area contributed by atoms with Crippen molar-refractivity contribution >= 4 is 11.7 Å². The number of pyridine rings is 1. The number of fused-ring (bicyclic) bond motifs is 1. The Morgan fingerprint density at radius 1 is 1.22 bits per heavy atom. The Bertz CT molecular complexity index is 875. The van der Waals surface area contributed by atoms with Gasteiger partial charge in [0.1, 0.15) is 18.0 Å². The lowest BCUT2D eigenvalue weighted by Gasteiger charge is -2.23. The van der Waals surface area contributed by atoms with Crippen LogP contribution in [0, 0.1) is 5.82 Å². The molecule has 1 atom stereocenters. The number of hydrogen-bond donors (Lipinski definition) is 1. The van der Waals surface area contributed by atoms with Crippen LogP contribution in [-0.2, 0) is 4.79 Å². The van der Waals surface area contributed by atoms with Crippen LogP contribution in [0.15, 0.2) is 55.1 Å². The van der Waals surface area contributed by atoms with Crippen LogP contribution in [-0.4, -0.2) is 20.4 Å². The van der Waals surface area contributed by atoms with E-state index in [-0.39, 0.29) is 17.6 Å². The first-order chi connectivity index (χ1) is 11.2. The molecular weight excluding hydrogens is 295 g/mol. The first kappa shape index (κ1) is 13.6. The standard InChI is InChI=1S/C17H13FN4O/c18-13-5-1-2-6-14(13)22-10-20-16-12(8-15(23)21-17(16)22)11-4-3-7-19-9-11/h1-7,9-10,12H,8H2,(H,21,23)/t12-/m0/s1. The van der Waals surface area contributed by atoms with Crippen molar-refractivity contribution < 1.29 is 9.18 Å². The molecule has 3 aromatic rings. The number of carbonyl (C=O) groups excluding carboxylic acids is 1. The number of benzene rings is 1. The van der Waals surface area contributed by atoms with E-state index in [0.717, 1.165) is 11.3 Å². The lowest BCUT2D eigenvalue weighted by molar-refractivity contribution is -0.116. The lowest BCUT2D eigenvalue weighted by Crippen LogP contribution is -2.25. The largest absolute Gasteiger partial charge is 0.310 e. The van der Waals surface area contributed by atoms with Crippen molar-refractivity contribution in [2.24, 2.45) is 0 Å². The molecule has 0 bridgehead atoms. The van der Waals surface area contributed by atoms with Crippen LogP contribution in [0.25, 0.3) is 5.69 Å². The number of amides is 1. The van der Waals surface area contributed by atoms with Crippen LogP contribution in [0.5, 0.6) is 0 Å². The zero-order valence-corrected chi connectivity index (χ0v) is 12.1. The Kier molecular flexibility index (Phi) is 3.15. The summed E-state index contributed by atoms with van der Waals surface area (Å²) < 4.78 is 15.6. The Morgan fingerprint density at radius 2 is 2.09 bits per heavy atom. The third-order valence-corrected chi connectivity index (χ3v) is 3.97. The first-order valence-electron chi connectivity index (χ1n) is 7.26. The van der Waals surface area contributed by atoms with Crippen LogP contribution in [0.3, 0.4) is 0 Å². The molecule has 5 nitrogen and oxygen atoms in total. The molecule has 0 saturated carbocycles. The summed E-state index contributed by atoms with van der Waals surface area (Å²) in [6, 6.07) is 10.1. The Hall–Kier alpha value is -3.02. The minimum absolute atomic E-state index is 0.121. The predicted octanol–water partition coefficient (Wildman–Crippen LogP) is 2.88. The molecule has 0 fully saturated rings. The van der Waals surface area contributed by atoms with Crippen LogP contribution in [0.2, 0.25) is 0 Å². The summed E-state index contributed by atoms with van der Waals surface area (Å²) in [5, 5.41) is 2.81. The van der Waals surface area contributed by atoms with Gasteiger partial charge in [0.15, 0.2) is 0 Å². The van der Waals surface area contributed by atoms with Gasteiger partial charge in [0.25, 0.3) is 0 Å². The normalized spacial score (nSPS) is 16.7. The van der Waals surface area contributed by atoms with Gasteiger partial charge < -0.3 is 5.32 Å². The fourth-order valence-electron chi connectivity index (χ4n) is 2.89. The second-order valence-electron chi connectivity index (χ2n) is 5.39. The number of nitrogens with one attached hydrogen (secondary N) is 1. The molecule has 0 radical (unpaired) electrons. The monoisotopic (exact) mass is 308 g/mol. The smallest absolute Gasteiger partial charge is 0.226 e. The van der Waals surface area contributed by atoms with Gasteiger partial charge in [-0.3, -0.25) is 14.3 Å². The molecular formula is C17H13FN4O. The van der Waals surface area contributed by atoms with Gasteiger partial charge in [-0.2, -0.15) is 0 Å². The fourth-order valence-corrected chi connectivity index (χ4v) is 2.89. The highest BCUT2D eigenvalue weighted by Gasteiger charge is 2.31. The highest BCUT2D eigenvalue weighted by atomic mass is 19.1. The van der Waals surface area contributed by atoms with Gasteiger partial charge >= 0.3 is 0 Å². The van der Waals surface area contributed by atoms with Crippen molar-refractivity contribution in [3.05, 3.63) is 72.2 Å². The van der Waals surface area contributed by atoms with E-state index in [0.29, 0.717) is 17.9 Å². The van der Waals surface area contributed by atoms with Gasteiger partial charge in [-0.05, 0) is 23.8 Å². The van der Waals surface area contributed by atoms with Crippen LogP contribution < -0.4 is 5.32 Å². The van der Waals surface area contributed by atoms with Crippen molar-refractivity contribution in [3.8, 4) is 5.69 Å². The quantitative estimate of drug-likeness (QED) is 0.792. The number of halogens is 1. The topological polar surface area (TPSA) is 59.8 Å². The maximum absolute atomic E-state index is 14.1. The molecule has 1 aromatic carbocycles. The van der Waals surface area contributed by atoms with Crippen LogP contribution >= 0.6 is 0 Å². The summed E-state index contributed by atoms with van der Waals surface area (Å²) in [7, 11) is 0. The number of anilines is 1. The average Bonchev–Trinajstić information content (AvgIpc) is 2.99. The molecule has 23 heavy (non-hydrogen) atoms. The molecule has 1 amide bonds. The van der Waals surface area contributed by atoms with Crippen LogP contribution in [0.1, 0.15) is 23.6 Å². The van der Waals surface area contributed by atoms with E-state index >= 15 is 0 Å². The molecule has 1 aliphatic heterocycles. The molecule has 1 N–H and O–H groups in total. The molecule has 0 spiro atoms. The Balaban J connectivity index is 1.85. The number of nitrogens with zero attached hydrogens (tertiary/aromatic N) is 3. The summed E-state index contributed by atoms with van der Waals surface area (Å²) in [6.45, 7) is 0. The molecule has 0 saturated heterocycles. The lowest BCUT2D eigenvalue weighted by atomic mass is 9.91. The molecule has 2 aromatic heterocycles. The number of carbonyl (C=O) groups is 1. The number of hydrogen-bond acceptors (Lipinski definition) is 3. The zero-order valence-electron chi connectivity index (χ0n) is 12.1. The third-order valence-electron chi connectivity index (χ3n) is 3.97. The van der Waals surface area contributed by atoms with E-state index in [2.05, 4.69) is 15.3 Å². The molecule has 6 heteroatoms. The van der Waals surface area contributed by atoms with Crippen molar-refractivity contribution in [1.82, 2.24) is 14.5 Å². The number of rotatable bonds is 2. The highest BCUT2D eigenvalue weighted by Crippen LogP contribution is 2.37. The zero-order chi connectivity index (χ0) is 15.8. The highest BCUT2D eigenvalue weighted by molar-refractivity contribution is 5.94. The predicted molar refractivity (Wildman–Crippen MR) is 82.8 cm³/mol. The second kappa shape index (κ2) is 5.31. The minimum Gasteiger partial charge on any atom is -0.310 e. The molecule has 0 aliphatic carbocycles. The average molecular weight is 308 g/mol. The van der Waals surface area contributed by atoms with Gasteiger partial charge in [-0.1, -0.05) is 18.2 Å². The van der Waals surface area contributed by atoms with E-state index in [4.69, 9.17) is 0 Å². The molecule has 3 heterocycles. The van der Waals surface area contributed by atoms with E-state index in [1.807, 2.05) is 12.1 Å². The third kappa shape index (κ3) is 2.28. The van der Waals surface area contributed by atoms with Crippen LogP contribution in [0.4, 0.5) is 10.2 Å². The van der Waals surface area contributed by atoms with Crippen molar-refractivity contribution in [1.29, 1.82) is 0 Å². The Morgan fingerprint density at radius 3 is 2.87 bits per heavy atom. The van der Waals surface area contributed by atoms with E-state index < -0.39 is 0 Å². The number of para-hydroxylation sites is 1. The molecule has 4 rings (SSSR count). The molecule has 114 valence electrons. The maximum Gasteiger partial charge on any atom is 0.226 e. The van der Waals surface area contributed by atoms with Gasteiger partial charge in [-0.25, -0.2) is 9.37 Å². The SMILES string of the molecule is O=C1C[C@@H](c2cccnc2)c2ncn(-c3ccccc3F)c2N1. The Labute approximate surface area is 131 Å². The summed E-state index contributed by atoms with van der Waals surface area (Å²) in [5.41, 5.74) is 2.00. The fraction of sp³-hybridized carbons (Fsp3) is 0.118. The van der Waals surface area contributed by atoms with Gasteiger partial charge in [-0.15, -0.1) is 0 Å². The summed E-state index contributed by atoms with van der Waals surface area (Å²) >= 11 is 0. The summed E-state index contributed by atoms with van der Waals surface area (Å²) in [4.78, 5) is 20.6. The maximum atomic E-state index is 14.1. The van der Waals surface area contributed by atoms with Crippen molar-refractivity contribution in [2.45, 2.75) is 12.3 Å². The van der Waals surface area contributed by atoms with Gasteiger partial charge in [0, 0.05) is 24.7 Å². The van der Waals surface area contributed by atoms with Crippen molar-refractivity contribution in [3.63, 3.8) is 0 Å². The van der Waals surface area contributed by atoms with Crippen molar-refractivity contribution in [2.75, 3.05) is 5.32 Å².